The van der Waals surface area contributed by atoms with Gasteiger partial charge in [-0.1, -0.05) is 18.2 Å². The first-order valence-corrected chi connectivity index (χ1v) is 16.7. The van der Waals surface area contributed by atoms with Crippen molar-refractivity contribution in [2.24, 2.45) is 0 Å². The van der Waals surface area contributed by atoms with Gasteiger partial charge in [-0.15, -0.1) is 11.8 Å². The largest absolute Gasteiger partial charge is 0.472 e. The van der Waals surface area contributed by atoms with E-state index in [0.717, 1.165) is 35.4 Å². The van der Waals surface area contributed by atoms with E-state index in [1.54, 1.807) is 4.90 Å². The second-order valence-electron chi connectivity index (χ2n) is 11.2. The summed E-state index contributed by atoms with van der Waals surface area (Å²) >= 11 is 1.39. The van der Waals surface area contributed by atoms with Gasteiger partial charge in [-0.25, -0.2) is 22.5 Å². The van der Waals surface area contributed by atoms with Crippen molar-refractivity contribution < 1.29 is 41.9 Å². The summed E-state index contributed by atoms with van der Waals surface area (Å²) in [4.78, 5) is 48.2. The molecule has 4 heterocycles. The van der Waals surface area contributed by atoms with Crippen molar-refractivity contribution in [3.63, 3.8) is 0 Å². The van der Waals surface area contributed by atoms with E-state index in [-0.39, 0.29) is 46.9 Å². The standard InChI is InChI=1S/C29H28F2N3O8PS/c30-21-11-19(18-9-15-3-1-2-4-24(15)44-13-20(18)26(21)31)22-12-23(35)28(40-14-41-43(37,38)39)27-29(36)33-8-7-17(42-16-5-6-16)10-25(33)32-34(22)27/h1-4,11-12,16-17,25,32H,5-10,13-14H2,(H2,37,38,39)/t17?,25-/m0/s1. The van der Waals surface area contributed by atoms with Crippen molar-refractivity contribution in [2.75, 3.05) is 18.8 Å². The SMILES string of the molecule is O=C1c2c(OCOP(=O)(O)O)c(=O)cc(-c3cc(F)c(F)c4c3Cc3ccccc3SC4)n2N[C@@H]2CC(OC3CC3)CCN12. The molecule has 1 aromatic heterocycles. The first kappa shape index (κ1) is 29.5. The number of amides is 1. The summed E-state index contributed by atoms with van der Waals surface area (Å²) in [6, 6.07) is 9.73. The summed E-state index contributed by atoms with van der Waals surface area (Å²) in [7, 11) is -4.95. The predicted octanol–water partition coefficient (Wildman–Crippen LogP) is 4.10. The van der Waals surface area contributed by atoms with Gasteiger partial charge >= 0.3 is 7.82 Å². The molecule has 2 fully saturated rings. The first-order chi connectivity index (χ1) is 21.1. The zero-order valence-electron chi connectivity index (χ0n) is 23.2. The number of carbonyl (C=O) groups is 1. The fourth-order valence-electron chi connectivity index (χ4n) is 6.02. The highest BCUT2D eigenvalue weighted by atomic mass is 32.2. The van der Waals surface area contributed by atoms with Crippen LogP contribution in [0.1, 0.15) is 52.9 Å². The van der Waals surface area contributed by atoms with E-state index in [9.17, 15) is 14.2 Å². The van der Waals surface area contributed by atoms with Gasteiger partial charge in [-0.05, 0) is 48.9 Å². The lowest BCUT2D eigenvalue weighted by molar-refractivity contribution is -0.0194. The fourth-order valence-corrected chi connectivity index (χ4v) is 7.31. The van der Waals surface area contributed by atoms with Gasteiger partial charge < -0.3 is 29.6 Å². The van der Waals surface area contributed by atoms with Crippen LogP contribution in [0.25, 0.3) is 11.3 Å². The number of rotatable bonds is 7. The van der Waals surface area contributed by atoms with Gasteiger partial charge in [0.25, 0.3) is 5.91 Å². The number of fused-ring (bicyclic) bond motifs is 4. The van der Waals surface area contributed by atoms with Crippen LogP contribution in [0.2, 0.25) is 0 Å². The number of aromatic nitrogens is 1. The lowest BCUT2D eigenvalue weighted by Gasteiger charge is -2.44. The molecule has 44 heavy (non-hydrogen) atoms. The molecule has 15 heteroatoms. The zero-order valence-corrected chi connectivity index (χ0v) is 24.9. The molecule has 3 N–H and O–H groups in total. The molecule has 1 saturated heterocycles. The normalized spacial score (nSPS) is 21.0. The van der Waals surface area contributed by atoms with Crippen LogP contribution in [0, 0.1) is 11.6 Å². The van der Waals surface area contributed by atoms with Crippen LogP contribution >= 0.6 is 19.6 Å². The van der Waals surface area contributed by atoms with Crippen LogP contribution in [0.15, 0.2) is 46.1 Å². The molecule has 3 aromatic rings. The molecule has 0 bridgehead atoms. The highest BCUT2D eigenvalue weighted by Crippen LogP contribution is 2.42. The third kappa shape index (κ3) is 5.55. The number of benzene rings is 2. The average molecular weight is 648 g/mol. The van der Waals surface area contributed by atoms with E-state index in [2.05, 4.69) is 9.95 Å². The summed E-state index contributed by atoms with van der Waals surface area (Å²) in [5.74, 6) is -2.98. The summed E-state index contributed by atoms with van der Waals surface area (Å²) in [6.45, 7) is -0.687. The number of ether oxygens (including phenoxy) is 2. The molecule has 11 nitrogen and oxygen atoms in total. The van der Waals surface area contributed by atoms with Gasteiger partial charge in [0, 0.05) is 40.8 Å². The number of hydrogen-bond donors (Lipinski definition) is 3. The average Bonchev–Trinajstić information content (AvgIpc) is 3.81. The molecule has 1 amide bonds. The maximum Gasteiger partial charge on any atom is 0.472 e. The number of nitrogens with one attached hydrogen (secondary N) is 1. The Bertz CT molecular complexity index is 1780. The number of piperidine rings is 1. The Balaban J connectivity index is 1.38. The number of thioether (sulfide) groups is 1. The van der Waals surface area contributed by atoms with E-state index in [1.807, 2.05) is 24.3 Å². The van der Waals surface area contributed by atoms with Gasteiger partial charge in [0.1, 0.15) is 6.17 Å². The Kier molecular flexibility index (Phi) is 7.54. The van der Waals surface area contributed by atoms with Crippen molar-refractivity contribution >= 4 is 25.5 Å². The van der Waals surface area contributed by atoms with E-state index in [1.165, 1.54) is 16.4 Å². The Labute approximate surface area is 254 Å². The molecule has 0 radical (unpaired) electrons. The Morgan fingerprint density at radius 2 is 1.86 bits per heavy atom. The number of nitrogens with zero attached hydrogens (tertiary/aromatic N) is 2. The third-order valence-electron chi connectivity index (χ3n) is 8.22. The first-order valence-electron chi connectivity index (χ1n) is 14.1. The fraction of sp³-hybridized carbons (Fsp3) is 0.379. The molecule has 4 aliphatic rings. The zero-order chi connectivity index (χ0) is 30.7. The van der Waals surface area contributed by atoms with Gasteiger partial charge in [-0.2, -0.15) is 0 Å². The van der Waals surface area contributed by atoms with Gasteiger partial charge in [-0.3, -0.25) is 9.59 Å². The smallest absolute Gasteiger partial charge is 0.460 e. The van der Waals surface area contributed by atoms with Gasteiger partial charge in [0.15, 0.2) is 17.3 Å². The Hall–Kier alpha value is -3.26. The number of phosphoric acid groups is 1. The van der Waals surface area contributed by atoms with Crippen LogP contribution in [-0.2, 0) is 26.0 Å². The number of phosphoric ester groups is 1. The second kappa shape index (κ2) is 11.3. The lowest BCUT2D eigenvalue weighted by atomic mass is 9.92. The molecular formula is C29H28F2N3O8PS. The highest BCUT2D eigenvalue weighted by molar-refractivity contribution is 7.98. The summed E-state index contributed by atoms with van der Waals surface area (Å²) in [5, 5.41) is 0. The number of hydrogen-bond acceptors (Lipinski definition) is 8. The van der Waals surface area contributed by atoms with Crippen molar-refractivity contribution in [3.8, 4) is 17.0 Å². The molecule has 1 aliphatic carbocycles. The van der Waals surface area contributed by atoms with E-state index in [4.69, 9.17) is 19.3 Å². The number of pyridine rings is 1. The van der Waals surface area contributed by atoms with E-state index < -0.39 is 49.5 Å². The Morgan fingerprint density at radius 1 is 1.07 bits per heavy atom. The van der Waals surface area contributed by atoms with Crippen LogP contribution in [0.3, 0.4) is 0 Å². The molecule has 3 aliphatic heterocycles. The quantitative estimate of drug-likeness (QED) is 0.254. The van der Waals surface area contributed by atoms with Crippen LogP contribution in [0.4, 0.5) is 8.78 Å². The van der Waals surface area contributed by atoms with E-state index in [0.29, 0.717) is 24.9 Å². The monoisotopic (exact) mass is 647 g/mol. The molecular weight excluding hydrogens is 619 g/mol. The third-order valence-corrected chi connectivity index (χ3v) is 9.81. The summed E-state index contributed by atoms with van der Waals surface area (Å²) in [6.07, 6.45) is 2.82. The minimum absolute atomic E-state index is 0.103. The minimum Gasteiger partial charge on any atom is -0.460 e. The minimum atomic E-state index is -4.95. The van der Waals surface area contributed by atoms with Crippen LogP contribution < -0.4 is 15.6 Å². The molecule has 232 valence electrons. The van der Waals surface area contributed by atoms with Crippen LogP contribution in [0.5, 0.6) is 5.75 Å². The maximum atomic E-state index is 15.3. The molecule has 1 saturated carbocycles. The molecule has 7 rings (SSSR count). The maximum absolute atomic E-state index is 15.3. The van der Waals surface area contributed by atoms with Crippen molar-refractivity contribution in [1.82, 2.24) is 9.58 Å². The highest BCUT2D eigenvalue weighted by Gasteiger charge is 2.42. The number of carbonyl (C=O) groups excluding carboxylic acids is 1. The molecule has 1 unspecified atom stereocenters. The summed E-state index contributed by atoms with van der Waals surface area (Å²) in [5.41, 5.74) is 4.11. The molecule has 2 aromatic carbocycles. The van der Waals surface area contributed by atoms with E-state index >= 15 is 8.78 Å². The van der Waals surface area contributed by atoms with Crippen molar-refractivity contribution in [3.05, 3.63) is 80.6 Å². The predicted molar refractivity (Wildman–Crippen MR) is 155 cm³/mol. The van der Waals surface area contributed by atoms with Gasteiger partial charge in [0.05, 0.1) is 17.9 Å². The topological polar surface area (TPSA) is 140 Å². The molecule has 2 atom stereocenters. The van der Waals surface area contributed by atoms with Crippen LogP contribution in [-0.4, -0.2) is 57.0 Å². The Morgan fingerprint density at radius 3 is 2.64 bits per heavy atom. The second-order valence-corrected chi connectivity index (χ2v) is 13.4. The molecule has 0 spiro atoms. The van der Waals surface area contributed by atoms with Crippen molar-refractivity contribution in [2.45, 2.75) is 61.1 Å². The lowest BCUT2D eigenvalue weighted by Crippen LogP contribution is -2.58. The summed E-state index contributed by atoms with van der Waals surface area (Å²) < 4.78 is 59.0. The van der Waals surface area contributed by atoms with Gasteiger partial charge in [0.2, 0.25) is 18.0 Å². The number of halogens is 2. The van der Waals surface area contributed by atoms with Crippen molar-refractivity contribution in [1.29, 1.82) is 0 Å².